The monoisotopic (exact) mass is 351 g/mol. The van der Waals surface area contributed by atoms with Gasteiger partial charge >= 0.3 is 0 Å². The second-order valence-corrected chi connectivity index (χ2v) is 6.72. The van der Waals surface area contributed by atoms with E-state index in [4.69, 9.17) is 0 Å². The summed E-state index contributed by atoms with van der Waals surface area (Å²) >= 11 is 4.93. The topological polar surface area (TPSA) is 49.3 Å². The van der Waals surface area contributed by atoms with Crippen LogP contribution in [0.2, 0.25) is 0 Å². The van der Waals surface area contributed by atoms with E-state index in [0.29, 0.717) is 11.3 Å². The summed E-state index contributed by atoms with van der Waals surface area (Å²) in [6.45, 7) is 1.67. The fourth-order valence-electron chi connectivity index (χ4n) is 1.73. The van der Waals surface area contributed by atoms with Crippen LogP contribution in [0.3, 0.4) is 0 Å². The molecule has 2 aromatic rings. The molecule has 1 heterocycles. The number of nitrogens with one attached hydrogen (secondary N) is 1. The van der Waals surface area contributed by atoms with Crippen molar-refractivity contribution in [3.8, 4) is 0 Å². The number of thiophene rings is 1. The maximum Gasteiger partial charge on any atom is 0.248 e. The number of benzene rings is 1. The Balaban J connectivity index is 2.07. The largest absolute Gasteiger partial charge is 0.389 e. The molecule has 5 heteroatoms. The van der Waals surface area contributed by atoms with Crippen LogP contribution in [0.15, 0.2) is 46.3 Å². The van der Waals surface area contributed by atoms with Gasteiger partial charge in [-0.3, -0.25) is 4.79 Å². The molecule has 0 fully saturated rings. The van der Waals surface area contributed by atoms with Gasteiger partial charge in [-0.15, -0.1) is 11.3 Å². The Morgan fingerprint density at radius 2 is 2.10 bits per heavy atom. The number of aliphatic hydroxyl groups excluding tert-OH is 1. The van der Waals surface area contributed by atoms with Crippen molar-refractivity contribution in [2.24, 2.45) is 0 Å². The van der Waals surface area contributed by atoms with Crippen molar-refractivity contribution in [3.05, 3.63) is 56.7 Å². The molecule has 0 saturated carbocycles. The third kappa shape index (κ3) is 4.03. The normalized spacial score (nSPS) is 12.6. The van der Waals surface area contributed by atoms with E-state index < -0.39 is 6.10 Å². The lowest BCUT2D eigenvalue weighted by Gasteiger charge is -2.11. The molecule has 1 amide bonds. The molecule has 2 rings (SSSR count). The van der Waals surface area contributed by atoms with Gasteiger partial charge in [-0.1, -0.05) is 18.2 Å². The first-order chi connectivity index (χ1) is 9.56. The average Bonchev–Trinajstić information content (AvgIpc) is 2.83. The lowest BCUT2D eigenvalue weighted by Crippen LogP contribution is -2.10. The van der Waals surface area contributed by atoms with E-state index in [-0.39, 0.29) is 5.91 Å². The Morgan fingerprint density at radius 3 is 2.75 bits per heavy atom. The molecule has 0 aliphatic heterocycles. The minimum absolute atomic E-state index is 0.220. The molecule has 1 aromatic heterocycles. The summed E-state index contributed by atoms with van der Waals surface area (Å²) in [5.41, 5.74) is 1.33. The van der Waals surface area contributed by atoms with E-state index in [0.717, 1.165) is 8.66 Å². The van der Waals surface area contributed by atoms with Crippen molar-refractivity contribution >= 4 is 44.9 Å². The highest BCUT2D eigenvalue weighted by atomic mass is 79.9. The summed E-state index contributed by atoms with van der Waals surface area (Å²) in [6, 6.07) is 11.1. The fraction of sp³-hybridized carbons (Fsp3) is 0.133. The van der Waals surface area contributed by atoms with Gasteiger partial charge in [0.05, 0.1) is 9.89 Å². The number of anilines is 1. The van der Waals surface area contributed by atoms with Gasteiger partial charge in [-0.25, -0.2) is 0 Å². The third-order valence-corrected chi connectivity index (χ3v) is 4.25. The van der Waals surface area contributed by atoms with Crippen LogP contribution in [0.1, 0.15) is 23.5 Å². The molecule has 0 radical (unpaired) electrons. The minimum atomic E-state index is -0.622. The molecule has 1 atom stereocenters. The summed E-state index contributed by atoms with van der Waals surface area (Å²) in [5.74, 6) is -0.220. The van der Waals surface area contributed by atoms with Crippen LogP contribution < -0.4 is 5.32 Å². The Labute approximate surface area is 130 Å². The van der Waals surface area contributed by atoms with Crippen LogP contribution >= 0.6 is 27.3 Å². The first-order valence-electron chi connectivity index (χ1n) is 6.07. The van der Waals surface area contributed by atoms with Crippen molar-refractivity contribution in [2.75, 3.05) is 5.32 Å². The Bertz CT molecular complexity index is 634. The standard InChI is InChI=1S/C15H14BrNO2S/c1-10(18)12-4-2-3-5-13(12)17-15(19)9-7-11-6-8-14(16)20-11/h2-10,18H,1H3,(H,17,19). The van der Waals surface area contributed by atoms with Crippen molar-refractivity contribution < 1.29 is 9.90 Å². The van der Waals surface area contributed by atoms with Crippen LogP contribution in [0.25, 0.3) is 6.08 Å². The lowest BCUT2D eigenvalue weighted by atomic mass is 10.1. The zero-order valence-electron chi connectivity index (χ0n) is 10.8. The van der Waals surface area contributed by atoms with E-state index in [1.54, 1.807) is 36.5 Å². The van der Waals surface area contributed by atoms with E-state index >= 15 is 0 Å². The van der Waals surface area contributed by atoms with Crippen LogP contribution in [0.5, 0.6) is 0 Å². The maximum atomic E-state index is 11.9. The number of aliphatic hydroxyl groups is 1. The minimum Gasteiger partial charge on any atom is -0.389 e. The molecule has 0 spiro atoms. The van der Waals surface area contributed by atoms with Crippen molar-refractivity contribution in [2.45, 2.75) is 13.0 Å². The molecule has 104 valence electrons. The van der Waals surface area contributed by atoms with Crippen molar-refractivity contribution in [1.29, 1.82) is 0 Å². The molecule has 1 aromatic carbocycles. The first kappa shape index (κ1) is 15.0. The summed E-state index contributed by atoms with van der Waals surface area (Å²) in [5, 5.41) is 12.4. The molecule has 20 heavy (non-hydrogen) atoms. The van der Waals surface area contributed by atoms with Gasteiger partial charge in [0.1, 0.15) is 0 Å². The number of amides is 1. The van der Waals surface area contributed by atoms with Gasteiger partial charge in [0.15, 0.2) is 0 Å². The van der Waals surface area contributed by atoms with Gasteiger partial charge in [0.2, 0.25) is 5.91 Å². The number of hydrogen-bond acceptors (Lipinski definition) is 3. The first-order valence-corrected chi connectivity index (χ1v) is 7.68. The highest BCUT2D eigenvalue weighted by Gasteiger charge is 2.08. The number of rotatable bonds is 4. The van der Waals surface area contributed by atoms with E-state index in [2.05, 4.69) is 21.2 Å². The molecule has 0 aliphatic carbocycles. The summed E-state index contributed by atoms with van der Waals surface area (Å²) in [7, 11) is 0. The molecule has 0 saturated heterocycles. The molecule has 0 aliphatic rings. The maximum absolute atomic E-state index is 11.9. The predicted octanol–water partition coefficient (Wildman–Crippen LogP) is 4.22. The van der Waals surface area contributed by atoms with Gasteiger partial charge in [0.25, 0.3) is 0 Å². The van der Waals surface area contributed by atoms with Gasteiger partial charge in [-0.2, -0.15) is 0 Å². The number of para-hydroxylation sites is 1. The van der Waals surface area contributed by atoms with Crippen molar-refractivity contribution in [1.82, 2.24) is 0 Å². The Hall–Kier alpha value is -1.43. The molecular formula is C15H14BrNO2S. The van der Waals surface area contributed by atoms with Crippen LogP contribution in [0.4, 0.5) is 5.69 Å². The summed E-state index contributed by atoms with van der Waals surface area (Å²) in [6.07, 6.45) is 2.62. The molecular weight excluding hydrogens is 338 g/mol. The highest BCUT2D eigenvalue weighted by molar-refractivity contribution is 9.11. The molecule has 2 N–H and O–H groups in total. The van der Waals surface area contributed by atoms with Crippen LogP contribution in [-0.2, 0) is 4.79 Å². The predicted molar refractivity (Wildman–Crippen MR) is 86.8 cm³/mol. The highest BCUT2D eigenvalue weighted by Crippen LogP contribution is 2.24. The second-order valence-electron chi connectivity index (χ2n) is 4.23. The fourth-order valence-corrected chi connectivity index (χ4v) is 3.05. The van der Waals surface area contributed by atoms with Crippen LogP contribution in [0, 0.1) is 0 Å². The molecule has 0 bridgehead atoms. The molecule has 3 nitrogen and oxygen atoms in total. The van der Waals surface area contributed by atoms with E-state index in [1.165, 1.54) is 6.08 Å². The number of carbonyl (C=O) groups is 1. The van der Waals surface area contributed by atoms with Gasteiger partial charge < -0.3 is 10.4 Å². The van der Waals surface area contributed by atoms with Crippen molar-refractivity contribution in [3.63, 3.8) is 0 Å². The second kappa shape index (κ2) is 6.83. The van der Waals surface area contributed by atoms with Gasteiger partial charge in [-0.05, 0) is 47.1 Å². The third-order valence-electron chi connectivity index (χ3n) is 2.66. The zero-order valence-corrected chi connectivity index (χ0v) is 13.2. The number of hydrogen-bond donors (Lipinski definition) is 2. The molecule has 1 unspecified atom stereocenters. The van der Waals surface area contributed by atoms with Gasteiger partial charge in [0, 0.05) is 22.2 Å². The quantitative estimate of drug-likeness (QED) is 0.810. The van der Waals surface area contributed by atoms with E-state index in [9.17, 15) is 9.90 Å². The summed E-state index contributed by atoms with van der Waals surface area (Å²) in [4.78, 5) is 12.9. The smallest absolute Gasteiger partial charge is 0.248 e. The Kier molecular flexibility index (Phi) is 5.11. The summed E-state index contributed by atoms with van der Waals surface area (Å²) < 4.78 is 1.03. The average molecular weight is 352 g/mol. The number of halogens is 1. The van der Waals surface area contributed by atoms with Crippen LogP contribution in [-0.4, -0.2) is 11.0 Å². The SMILES string of the molecule is CC(O)c1ccccc1NC(=O)C=Cc1ccc(Br)s1. The lowest BCUT2D eigenvalue weighted by molar-refractivity contribution is -0.111. The Morgan fingerprint density at radius 1 is 1.35 bits per heavy atom. The number of carbonyl (C=O) groups excluding carboxylic acids is 1. The zero-order chi connectivity index (χ0) is 14.5. The van der Waals surface area contributed by atoms with E-state index in [1.807, 2.05) is 24.3 Å².